The van der Waals surface area contributed by atoms with Crippen LogP contribution in [-0.2, 0) is 9.47 Å². The summed E-state index contributed by atoms with van der Waals surface area (Å²) in [5, 5.41) is 3.40. The molecular weight excluding hydrogens is 332 g/mol. The molecule has 2 aromatic carbocycles. The molecule has 6 heteroatoms. The monoisotopic (exact) mass is 356 g/mol. The molecule has 0 aliphatic carbocycles. The third kappa shape index (κ3) is 3.38. The van der Waals surface area contributed by atoms with Crippen LogP contribution in [0.4, 0.5) is 5.69 Å². The lowest BCUT2D eigenvalue weighted by Gasteiger charge is -2.48. The lowest BCUT2D eigenvalue weighted by molar-refractivity contribution is -0.168. The van der Waals surface area contributed by atoms with Crippen LogP contribution in [0.2, 0.25) is 0 Å². The van der Waals surface area contributed by atoms with Crippen LogP contribution in [0.3, 0.4) is 0 Å². The van der Waals surface area contributed by atoms with Gasteiger partial charge < -0.3 is 24.4 Å². The molecule has 6 nitrogen and oxygen atoms in total. The van der Waals surface area contributed by atoms with E-state index in [-0.39, 0.29) is 5.91 Å². The highest BCUT2D eigenvalue weighted by molar-refractivity contribution is 6.02. The molecule has 1 N–H and O–H groups in total. The molecule has 1 aliphatic rings. The topological polar surface area (TPSA) is 60.0 Å². The molecule has 1 unspecified atom stereocenters. The zero-order chi connectivity index (χ0) is 18.6. The minimum Gasteiger partial charge on any atom is -0.492 e. The molecule has 1 heterocycles. The van der Waals surface area contributed by atoms with E-state index >= 15 is 0 Å². The quantitative estimate of drug-likeness (QED) is 0.773. The first-order chi connectivity index (χ1) is 12.6. The zero-order valence-electron chi connectivity index (χ0n) is 15.3. The number of carbonyl (C=O) groups is 1. The van der Waals surface area contributed by atoms with Gasteiger partial charge in [0.1, 0.15) is 12.4 Å². The third-order valence-electron chi connectivity index (χ3n) is 4.57. The number of hydrogen-bond donors (Lipinski definition) is 1. The number of benzene rings is 2. The van der Waals surface area contributed by atoms with Crippen molar-refractivity contribution in [3.05, 3.63) is 60.2 Å². The molecule has 0 radical (unpaired) electrons. The van der Waals surface area contributed by atoms with E-state index in [1.807, 2.05) is 61.5 Å². The maximum atomic E-state index is 13.1. The summed E-state index contributed by atoms with van der Waals surface area (Å²) in [6, 6.07) is 17.0. The zero-order valence-corrected chi connectivity index (χ0v) is 15.3. The Morgan fingerprint density at radius 3 is 2.38 bits per heavy atom. The van der Waals surface area contributed by atoms with Crippen molar-refractivity contribution in [1.29, 1.82) is 0 Å². The molecule has 1 aliphatic heterocycles. The van der Waals surface area contributed by atoms with Crippen LogP contribution in [0, 0.1) is 0 Å². The molecule has 26 heavy (non-hydrogen) atoms. The van der Waals surface area contributed by atoms with E-state index in [0.717, 1.165) is 11.4 Å². The molecule has 0 aromatic heterocycles. The van der Waals surface area contributed by atoms with Crippen molar-refractivity contribution in [2.45, 2.75) is 18.9 Å². The molecule has 0 saturated carbocycles. The number of methoxy groups -OCH3 is 2. The van der Waals surface area contributed by atoms with Gasteiger partial charge in [-0.25, -0.2) is 0 Å². The Labute approximate surface area is 153 Å². The highest BCUT2D eigenvalue weighted by atomic mass is 16.7. The normalized spacial score (nSPS) is 19.2. The number of anilines is 1. The van der Waals surface area contributed by atoms with E-state index in [9.17, 15) is 4.79 Å². The Morgan fingerprint density at radius 1 is 1.04 bits per heavy atom. The first kappa shape index (κ1) is 18.2. The number of fused-ring (bicyclic) bond motifs is 1. The summed E-state index contributed by atoms with van der Waals surface area (Å²) in [6.07, 6.45) is -0.642. The summed E-state index contributed by atoms with van der Waals surface area (Å²) in [6.45, 7) is 2.63. The van der Waals surface area contributed by atoms with Gasteiger partial charge in [0.15, 0.2) is 12.0 Å². The highest BCUT2D eigenvalue weighted by Crippen LogP contribution is 2.34. The maximum absolute atomic E-state index is 13.1. The van der Waals surface area contributed by atoms with E-state index in [2.05, 4.69) is 5.32 Å². The number of para-hydroxylation sites is 2. The summed E-state index contributed by atoms with van der Waals surface area (Å²) in [7, 11) is 3.12. The number of nitrogens with zero attached hydrogens (tertiary/aromatic N) is 1. The maximum Gasteiger partial charge on any atom is 0.258 e. The molecule has 138 valence electrons. The van der Waals surface area contributed by atoms with Crippen LogP contribution in [0.15, 0.2) is 54.6 Å². The van der Waals surface area contributed by atoms with Crippen molar-refractivity contribution in [2.75, 3.05) is 32.7 Å². The number of carbonyl (C=O) groups excluding carboxylic acids is 1. The van der Waals surface area contributed by atoms with Gasteiger partial charge in [-0.1, -0.05) is 30.3 Å². The fraction of sp³-hybridized carbons (Fsp3) is 0.350. The number of nitrogens with one attached hydrogen (secondary N) is 1. The second kappa shape index (κ2) is 7.76. The van der Waals surface area contributed by atoms with E-state index in [1.165, 1.54) is 0 Å². The van der Waals surface area contributed by atoms with Crippen molar-refractivity contribution in [3.63, 3.8) is 0 Å². The molecule has 0 bridgehead atoms. The van der Waals surface area contributed by atoms with Crippen LogP contribution >= 0.6 is 0 Å². The lowest BCUT2D eigenvalue weighted by atomic mass is 10.00. The molecule has 1 atom stereocenters. The van der Waals surface area contributed by atoms with E-state index in [0.29, 0.717) is 18.7 Å². The first-order valence-electron chi connectivity index (χ1n) is 8.52. The summed E-state index contributed by atoms with van der Waals surface area (Å²) in [4.78, 5) is 14.8. The van der Waals surface area contributed by atoms with Gasteiger partial charge in [-0.05, 0) is 31.2 Å². The summed E-state index contributed by atoms with van der Waals surface area (Å²) < 4.78 is 16.7. The Kier molecular flexibility index (Phi) is 5.44. The van der Waals surface area contributed by atoms with E-state index < -0.39 is 12.0 Å². The van der Waals surface area contributed by atoms with Crippen LogP contribution in [-0.4, -0.2) is 50.1 Å². The molecule has 3 rings (SSSR count). The van der Waals surface area contributed by atoms with Gasteiger partial charge in [0.25, 0.3) is 5.91 Å². The highest BCUT2D eigenvalue weighted by Gasteiger charge is 2.47. The number of ether oxygens (including phenoxy) is 3. The minimum atomic E-state index is -0.866. The van der Waals surface area contributed by atoms with E-state index in [4.69, 9.17) is 14.2 Å². The Hall–Kier alpha value is -2.57. The molecule has 1 amide bonds. The standard InChI is InChI=1S/C20H24N2O4/c1-20(19(24-2)25-3)21-17-12-8-7-11-16(17)18(23)22(20)13-14-26-15-9-5-4-6-10-15/h4-12,19,21H,13-14H2,1-3H3. The van der Waals surface area contributed by atoms with Gasteiger partial charge in [-0.3, -0.25) is 4.79 Å². The second-order valence-electron chi connectivity index (χ2n) is 6.24. The van der Waals surface area contributed by atoms with Gasteiger partial charge in [-0.15, -0.1) is 0 Å². The average molecular weight is 356 g/mol. The largest absolute Gasteiger partial charge is 0.492 e. The molecule has 0 fully saturated rings. The summed E-state index contributed by atoms with van der Waals surface area (Å²) in [5.74, 6) is 0.680. The first-order valence-corrected chi connectivity index (χ1v) is 8.52. The number of amides is 1. The van der Waals surface area contributed by atoms with Gasteiger partial charge in [0, 0.05) is 19.9 Å². The predicted molar refractivity (Wildman–Crippen MR) is 99.2 cm³/mol. The molecule has 0 saturated heterocycles. The smallest absolute Gasteiger partial charge is 0.258 e. The fourth-order valence-corrected chi connectivity index (χ4v) is 3.32. The van der Waals surface area contributed by atoms with Gasteiger partial charge in [0.05, 0.1) is 12.1 Å². The summed E-state index contributed by atoms with van der Waals surface area (Å²) in [5.41, 5.74) is 0.518. The van der Waals surface area contributed by atoms with Gasteiger partial charge in [0.2, 0.25) is 0 Å². The second-order valence-corrected chi connectivity index (χ2v) is 6.24. The molecular formula is C20H24N2O4. The van der Waals surface area contributed by atoms with E-state index in [1.54, 1.807) is 19.1 Å². The van der Waals surface area contributed by atoms with Crippen molar-refractivity contribution >= 4 is 11.6 Å². The van der Waals surface area contributed by atoms with Crippen LogP contribution in [0.5, 0.6) is 5.75 Å². The summed E-state index contributed by atoms with van der Waals surface area (Å²) >= 11 is 0. The Bertz CT molecular complexity index is 748. The lowest BCUT2D eigenvalue weighted by Crippen LogP contribution is -2.65. The molecule has 2 aromatic rings. The third-order valence-corrected chi connectivity index (χ3v) is 4.57. The predicted octanol–water partition coefficient (Wildman–Crippen LogP) is 2.97. The average Bonchev–Trinajstić information content (AvgIpc) is 2.66. The van der Waals surface area contributed by atoms with Crippen molar-refractivity contribution in [3.8, 4) is 5.75 Å². The SMILES string of the molecule is COC(OC)C1(C)Nc2ccccc2C(=O)N1CCOc1ccccc1. The fourth-order valence-electron chi connectivity index (χ4n) is 3.32. The minimum absolute atomic E-state index is 0.0855. The van der Waals surface area contributed by atoms with Crippen molar-refractivity contribution in [2.24, 2.45) is 0 Å². The van der Waals surface area contributed by atoms with Gasteiger partial charge in [-0.2, -0.15) is 0 Å². The van der Waals surface area contributed by atoms with Crippen LogP contribution in [0.1, 0.15) is 17.3 Å². The van der Waals surface area contributed by atoms with Crippen LogP contribution < -0.4 is 10.1 Å². The number of rotatable bonds is 7. The Balaban J connectivity index is 1.84. The van der Waals surface area contributed by atoms with Gasteiger partial charge >= 0.3 is 0 Å². The van der Waals surface area contributed by atoms with Crippen molar-refractivity contribution < 1.29 is 19.0 Å². The number of hydrogen-bond acceptors (Lipinski definition) is 5. The molecule has 0 spiro atoms. The Morgan fingerprint density at radius 2 is 1.69 bits per heavy atom. The van der Waals surface area contributed by atoms with Crippen molar-refractivity contribution in [1.82, 2.24) is 4.90 Å². The van der Waals surface area contributed by atoms with Crippen LogP contribution in [0.25, 0.3) is 0 Å².